The zero-order valence-corrected chi connectivity index (χ0v) is 19.4. The molecule has 0 saturated carbocycles. The molecule has 34 heavy (non-hydrogen) atoms. The van der Waals surface area contributed by atoms with Gasteiger partial charge in [-0.15, -0.1) is 0 Å². The van der Waals surface area contributed by atoms with Crippen molar-refractivity contribution < 1.29 is 14.3 Å². The normalized spacial score (nSPS) is 18.4. The Kier molecular flexibility index (Phi) is 7.05. The lowest BCUT2D eigenvalue weighted by Crippen LogP contribution is -2.44. The van der Waals surface area contributed by atoms with Gasteiger partial charge >= 0.3 is 0 Å². The fourth-order valence-electron chi connectivity index (χ4n) is 4.75. The number of benzene rings is 2. The first-order valence-electron chi connectivity index (χ1n) is 12.1. The molecule has 0 bridgehead atoms. The van der Waals surface area contributed by atoms with Crippen molar-refractivity contribution in [2.24, 2.45) is 5.92 Å². The highest BCUT2D eigenvalue weighted by Gasteiger charge is 2.26. The summed E-state index contributed by atoms with van der Waals surface area (Å²) in [5.74, 6) is 2.32. The van der Waals surface area contributed by atoms with Crippen molar-refractivity contribution in [2.75, 3.05) is 32.8 Å². The van der Waals surface area contributed by atoms with E-state index >= 15 is 0 Å². The number of likely N-dealkylation sites (tertiary alicyclic amines) is 1. The van der Waals surface area contributed by atoms with Crippen molar-refractivity contribution in [3.63, 3.8) is 0 Å². The van der Waals surface area contributed by atoms with Crippen LogP contribution in [0.25, 0.3) is 11.1 Å². The summed E-state index contributed by atoms with van der Waals surface area (Å²) in [6, 6.07) is 19.6. The van der Waals surface area contributed by atoms with Gasteiger partial charge in [0.05, 0.1) is 0 Å². The molecule has 1 fully saturated rings. The molecule has 2 aliphatic heterocycles. The highest BCUT2D eigenvalue weighted by atomic mass is 16.6. The maximum absolute atomic E-state index is 12.5. The van der Waals surface area contributed by atoms with Gasteiger partial charge in [0.15, 0.2) is 11.5 Å². The van der Waals surface area contributed by atoms with Crippen LogP contribution in [0.1, 0.15) is 29.6 Å². The number of nitrogens with zero attached hydrogens (tertiary/aromatic N) is 2. The molecule has 2 aromatic carbocycles. The molecule has 1 amide bonds. The number of carbonyl (C=O) groups is 1. The fourth-order valence-corrected chi connectivity index (χ4v) is 4.75. The van der Waals surface area contributed by atoms with Gasteiger partial charge in [0.1, 0.15) is 12.7 Å². The molecule has 5 rings (SSSR count). The molecule has 6 heteroatoms. The van der Waals surface area contributed by atoms with Crippen molar-refractivity contribution >= 4 is 5.91 Å². The van der Waals surface area contributed by atoms with Gasteiger partial charge in [-0.05, 0) is 85.8 Å². The van der Waals surface area contributed by atoms with E-state index in [1.807, 2.05) is 60.7 Å². The summed E-state index contributed by atoms with van der Waals surface area (Å²) in [5, 5.41) is 3.09. The smallest absolute Gasteiger partial charge is 0.251 e. The molecule has 3 aromatic rings. The molecular weight excluding hydrogens is 426 g/mol. The van der Waals surface area contributed by atoms with Crippen LogP contribution in [-0.4, -0.2) is 54.7 Å². The van der Waals surface area contributed by atoms with Crippen LogP contribution in [0, 0.1) is 5.92 Å². The maximum atomic E-state index is 12.5. The first-order chi connectivity index (χ1) is 16.7. The quantitative estimate of drug-likeness (QED) is 0.569. The van der Waals surface area contributed by atoms with Crippen LogP contribution in [0.3, 0.4) is 0 Å². The van der Waals surface area contributed by atoms with E-state index in [0.29, 0.717) is 24.6 Å². The molecule has 6 nitrogen and oxygen atoms in total. The highest BCUT2D eigenvalue weighted by Crippen LogP contribution is 2.31. The van der Waals surface area contributed by atoms with Gasteiger partial charge in [-0.25, -0.2) is 0 Å². The Bertz CT molecular complexity index is 1080. The third kappa shape index (κ3) is 5.57. The van der Waals surface area contributed by atoms with Crippen LogP contribution >= 0.6 is 0 Å². The summed E-state index contributed by atoms with van der Waals surface area (Å²) < 4.78 is 12.0. The molecule has 0 radical (unpaired) electrons. The molecule has 0 unspecified atom stereocenters. The molecule has 176 valence electrons. The second-order valence-corrected chi connectivity index (χ2v) is 9.10. The lowest BCUT2D eigenvalue weighted by Gasteiger charge is -2.35. The van der Waals surface area contributed by atoms with Crippen LogP contribution in [0.4, 0.5) is 0 Å². The lowest BCUT2D eigenvalue weighted by molar-refractivity contribution is 0.0472. The number of carbonyl (C=O) groups excluding carboxylic acids is 1. The topological polar surface area (TPSA) is 63.7 Å². The largest absolute Gasteiger partial charge is 0.486 e. The van der Waals surface area contributed by atoms with E-state index in [2.05, 4.69) is 15.2 Å². The Hall–Kier alpha value is -3.38. The average molecular weight is 458 g/mol. The van der Waals surface area contributed by atoms with Crippen molar-refractivity contribution in [1.82, 2.24) is 15.2 Å². The minimum Gasteiger partial charge on any atom is -0.486 e. The third-order valence-corrected chi connectivity index (χ3v) is 6.74. The molecular formula is C28H31N3O3. The molecule has 0 aliphatic carbocycles. The van der Waals surface area contributed by atoms with Crippen molar-refractivity contribution in [3.8, 4) is 22.6 Å². The monoisotopic (exact) mass is 457 g/mol. The highest BCUT2D eigenvalue weighted by molar-refractivity contribution is 5.94. The number of piperidine rings is 1. The summed E-state index contributed by atoms with van der Waals surface area (Å²) in [5.41, 5.74) is 2.88. The van der Waals surface area contributed by atoms with Crippen LogP contribution in [0.5, 0.6) is 11.5 Å². The summed E-state index contributed by atoms with van der Waals surface area (Å²) in [6.45, 7) is 4.35. The standard InChI is InChI=1S/C28H31N3O3/c32-28(24-7-5-22(6-8-24)23-10-14-29-15-11-23)30-16-9-21-12-17-31(18-13-21)19-25-20-33-26-3-1-2-4-27(26)34-25/h1-8,10-11,14-15,21,25H,9,12-13,16-20H2,(H,30,32)/t25-/m0/s1. The van der Waals surface area contributed by atoms with Gasteiger partial charge in [-0.3, -0.25) is 14.7 Å². The van der Waals surface area contributed by atoms with E-state index < -0.39 is 0 Å². The fraction of sp³-hybridized carbons (Fsp3) is 0.357. The number of pyridine rings is 1. The molecule has 0 spiro atoms. The van der Waals surface area contributed by atoms with Gasteiger partial charge < -0.3 is 14.8 Å². The Morgan fingerprint density at radius 1 is 0.941 bits per heavy atom. The Morgan fingerprint density at radius 3 is 2.41 bits per heavy atom. The van der Waals surface area contributed by atoms with Crippen molar-refractivity contribution in [2.45, 2.75) is 25.4 Å². The van der Waals surface area contributed by atoms with Crippen molar-refractivity contribution in [1.29, 1.82) is 0 Å². The van der Waals surface area contributed by atoms with Gasteiger partial charge in [0, 0.05) is 31.0 Å². The van der Waals surface area contributed by atoms with E-state index in [9.17, 15) is 4.79 Å². The minimum atomic E-state index is -0.00607. The lowest BCUT2D eigenvalue weighted by atomic mass is 9.93. The van der Waals surface area contributed by atoms with Crippen LogP contribution in [0.15, 0.2) is 73.1 Å². The van der Waals surface area contributed by atoms with Gasteiger partial charge in [-0.2, -0.15) is 0 Å². The molecule has 1 N–H and O–H groups in total. The van der Waals surface area contributed by atoms with Crippen LogP contribution in [0.2, 0.25) is 0 Å². The first-order valence-corrected chi connectivity index (χ1v) is 12.1. The summed E-state index contributed by atoms with van der Waals surface area (Å²) in [6.07, 6.45) is 6.96. The summed E-state index contributed by atoms with van der Waals surface area (Å²) in [7, 11) is 0. The zero-order valence-electron chi connectivity index (χ0n) is 19.4. The summed E-state index contributed by atoms with van der Waals surface area (Å²) in [4.78, 5) is 19.1. The van der Waals surface area contributed by atoms with E-state index in [1.165, 1.54) is 0 Å². The number of amides is 1. The van der Waals surface area contributed by atoms with Crippen molar-refractivity contribution in [3.05, 3.63) is 78.6 Å². The maximum Gasteiger partial charge on any atom is 0.251 e. The van der Waals surface area contributed by atoms with E-state index in [4.69, 9.17) is 9.47 Å². The SMILES string of the molecule is O=C(NCCC1CCN(C[C@H]2COc3ccccc3O2)CC1)c1ccc(-c2ccncc2)cc1. The van der Waals surface area contributed by atoms with E-state index in [-0.39, 0.29) is 12.0 Å². The molecule has 2 aliphatic rings. The molecule has 3 heterocycles. The van der Waals surface area contributed by atoms with Gasteiger partial charge in [-0.1, -0.05) is 24.3 Å². The second-order valence-electron chi connectivity index (χ2n) is 9.10. The average Bonchev–Trinajstić information content (AvgIpc) is 2.90. The third-order valence-electron chi connectivity index (χ3n) is 6.74. The number of ether oxygens (including phenoxy) is 2. The molecule has 1 aromatic heterocycles. The predicted octanol–water partition coefficient (Wildman–Crippen LogP) is 4.42. The Labute approximate surface area is 200 Å². The first kappa shape index (κ1) is 22.4. The Balaban J connectivity index is 1.01. The number of rotatable bonds is 7. The number of para-hydroxylation sites is 2. The van der Waals surface area contributed by atoms with Crippen LogP contribution in [-0.2, 0) is 0 Å². The number of fused-ring (bicyclic) bond motifs is 1. The summed E-state index contributed by atoms with van der Waals surface area (Å²) >= 11 is 0. The number of nitrogens with one attached hydrogen (secondary N) is 1. The number of aromatic nitrogens is 1. The Morgan fingerprint density at radius 2 is 1.65 bits per heavy atom. The second kappa shape index (κ2) is 10.7. The zero-order chi connectivity index (χ0) is 23.2. The van der Waals surface area contributed by atoms with Crippen LogP contribution < -0.4 is 14.8 Å². The van der Waals surface area contributed by atoms with E-state index in [0.717, 1.165) is 61.5 Å². The molecule has 1 saturated heterocycles. The van der Waals surface area contributed by atoms with Gasteiger partial charge in [0.2, 0.25) is 0 Å². The van der Waals surface area contributed by atoms with E-state index in [1.54, 1.807) is 12.4 Å². The number of hydrogen-bond acceptors (Lipinski definition) is 5. The molecule has 1 atom stereocenters. The van der Waals surface area contributed by atoms with Gasteiger partial charge in [0.25, 0.3) is 5.91 Å². The number of hydrogen-bond donors (Lipinski definition) is 1. The predicted molar refractivity (Wildman–Crippen MR) is 132 cm³/mol. The minimum absolute atomic E-state index is 0.00607.